The number of ether oxygens (including phenoxy) is 3. The second kappa shape index (κ2) is 10.3. The molecule has 0 unspecified atom stereocenters. The lowest BCUT2D eigenvalue weighted by atomic mass is 9.79. The van der Waals surface area contributed by atoms with Crippen LogP contribution in [0.5, 0.6) is 11.5 Å². The maximum atomic E-state index is 10.1. The molecule has 1 aromatic heterocycles. The average molecular weight is 484 g/mol. The fourth-order valence-corrected chi connectivity index (χ4v) is 5.49. The Labute approximate surface area is 213 Å². The second-order valence-corrected chi connectivity index (χ2v) is 9.66. The van der Waals surface area contributed by atoms with Crippen LogP contribution in [0.3, 0.4) is 0 Å². The van der Waals surface area contributed by atoms with Gasteiger partial charge in [-0.1, -0.05) is 44.2 Å². The number of hydrogen-bond acceptors (Lipinski definition) is 6. The van der Waals surface area contributed by atoms with Crippen molar-refractivity contribution in [2.75, 3.05) is 39.5 Å². The first kappa shape index (κ1) is 24.3. The summed E-state index contributed by atoms with van der Waals surface area (Å²) >= 11 is 0. The summed E-state index contributed by atoms with van der Waals surface area (Å²) in [5, 5.41) is 10.1. The summed E-state index contributed by atoms with van der Waals surface area (Å²) in [5.74, 6) is 1.46. The fourth-order valence-electron chi connectivity index (χ4n) is 5.49. The van der Waals surface area contributed by atoms with E-state index in [1.165, 1.54) is 12.0 Å². The van der Waals surface area contributed by atoms with E-state index < -0.39 is 0 Å². The van der Waals surface area contributed by atoms with Gasteiger partial charge in [0.1, 0.15) is 19.3 Å². The average Bonchev–Trinajstić information content (AvgIpc) is 3.39. The molecule has 186 valence electrons. The number of rotatable bonds is 4. The third-order valence-corrected chi connectivity index (χ3v) is 7.13. The molecule has 0 bridgehead atoms. The largest absolute Gasteiger partial charge is 0.486 e. The Balaban J connectivity index is 0.00000130. The monoisotopic (exact) mass is 483 g/mol. The molecule has 0 aliphatic carbocycles. The van der Waals surface area contributed by atoms with Gasteiger partial charge in [-0.15, -0.1) is 0 Å². The predicted molar refractivity (Wildman–Crippen MR) is 140 cm³/mol. The van der Waals surface area contributed by atoms with Crippen molar-refractivity contribution in [3.63, 3.8) is 0 Å². The number of likely N-dealkylation sites (tertiary alicyclic amines) is 1. The molecule has 3 aromatic rings. The Bertz CT molecular complexity index is 1280. The number of hydrogen-bond donors (Lipinski definition) is 0. The van der Waals surface area contributed by atoms with Crippen LogP contribution in [0.4, 0.5) is 0 Å². The lowest BCUT2D eigenvalue weighted by molar-refractivity contribution is -0.0124. The molecule has 3 aliphatic heterocycles. The van der Waals surface area contributed by atoms with Crippen molar-refractivity contribution < 1.29 is 14.2 Å². The number of benzene rings is 2. The lowest BCUT2D eigenvalue weighted by Crippen LogP contribution is -2.56. The summed E-state index contributed by atoms with van der Waals surface area (Å²) in [4.78, 5) is 7.28. The highest BCUT2D eigenvalue weighted by Gasteiger charge is 2.45. The summed E-state index contributed by atoms with van der Waals surface area (Å²) in [6.45, 7) is 12.1. The van der Waals surface area contributed by atoms with Gasteiger partial charge < -0.3 is 14.2 Å². The van der Waals surface area contributed by atoms with Gasteiger partial charge >= 0.3 is 0 Å². The van der Waals surface area contributed by atoms with E-state index in [0.717, 1.165) is 66.5 Å². The van der Waals surface area contributed by atoms with Crippen LogP contribution in [0.25, 0.3) is 22.4 Å². The predicted octanol–water partition coefficient (Wildman–Crippen LogP) is 5.62. The second-order valence-electron chi connectivity index (χ2n) is 9.66. The van der Waals surface area contributed by atoms with Gasteiger partial charge in [-0.25, -0.2) is 0 Å². The van der Waals surface area contributed by atoms with Gasteiger partial charge in [0.05, 0.1) is 17.9 Å². The first-order valence-corrected chi connectivity index (χ1v) is 12.8. The number of nitrogens with zero attached hydrogens (tertiary/aromatic N) is 3. The van der Waals surface area contributed by atoms with Crippen LogP contribution in [0.15, 0.2) is 48.7 Å². The van der Waals surface area contributed by atoms with Gasteiger partial charge in [0, 0.05) is 49.0 Å². The smallest absolute Gasteiger partial charge is 0.161 e. The Hall–Kier alpha value is -3.40. The Morgan fingerprint density at radius 3 is 2.50 bits per heavy atom. The van der Waals surface area contributed by atoms with Crippen molar-refractivity contribution >= 4 is 0 Å². The summed E-state index contributed by atoms with van der Waals surface area (Å²) < 4.78 is 17.0. The minimum absolute atomic E-state index is 0.387. The van der Waals surface area contributed by atoms with Crippen LogP contribution in [0, 0.1) is 23.7 Å². The molecule has 0 saturated carbocycles. The number of fused-ring (bicyclic) bond motifs is 1. The first-order valence-electron chi connectivity index (χ1n) is 12.8. The molecule has 0 atom stereocenters. The van der Waals surface area contributed by atoms with Gasteiger partial charge in [0.2, 0.25) is 0 Å². The number of aromatic nitrogens is 1. The van der Waals surface area contributed by atoms with E-state index in [1.54, 1.807) is 0 Å². The molecule has 0 N–H and O–H groups in total. The molecule has 4 heterocycles. The molecule has 2 saturated heterocycles. The van der Waals surface area contributed by atoms with E-state index in [4.69, 9.17) is 19.2 Å². The van der Waals surface area contributed by atoms with Gasteiger partial charge in [0.25, 0.3) is 0 Å². The zero-order valence-electron chi connectivity index (χ0n) is 21.3. The zero-order chi connectivity index (χ0) is 25.1. The number of nitriles is 1. The van der Waals surface area contributed by atoms with Gasteiger partial charge in [0.15, 0.2) is 11.5 Å². The molecule has 1 spiro atoms. The van der Waals surface area contributed by atoms with Crippen LogP contribution in [-0.4, -0.2) is 49.4 Å². The van der Waals surface area contributed by atoms with Crippen molar-refractivity contribution in [2.45, 2.75) is 33.7 Å². The highest BCUT2D eigenvalue weighted by Crippen LogP contribution is 2.40. The molecule has 3 aliphatic rings. The molecular weight excluding hydrogens is 450 g/mol. The van der Waals surface area contributed by atoms with E-state index in [0.29, 0.717) is 29.9 Å². The zero-order valence-corrected chi connectivity index (χ0v) is 21.3. The highest BCUT2D eigenvalue weighted by molar-refractivity contribution is 5.82. The Morgan fingerprint density at radius 2 is 1.78 bits per heavy atom. The molecule has 0 amide bonds. The summed E-state index contributed by atoms with van der Waals surface area (Å²) in [5.41, 5.74) is 6.79. The van der Waals surface area contributed by atoms with Crippen molar-refractivity contribution in [3.05, 3.63) is 65.4 Å². The van der Waals surface area contributed by atoms with Crippen LogP contribution < -0.4 is 9.47 Å². The van der Waals surface area contributed by atoms with Crippen LogP contribution in [0.1, 0.15) is 37.0 Å². The molecule has 6 rings (SSSR count). The van der Waals surface area contributed by atoms with Crippen molar-refractivity contribution in [3.8, 4) is 40.0 Å². The molecular formula is C30H33N3O3. The maximum absolute atomic E-state index is 10.1. The molecule has 0 radical (unpaired) electrons. The Kier molecular flexibility index (Phi) is 6.95. The van der Waals surface area contributed by atoms with Crippen LogP contribution >= 0.6 is 0 Å². The van der Waals surface area contributed by atoms with Gasteiger partial charge in [-0.2, -0.15) is 5.26 Å². The summed E-state index contributed by atoms with van der Waals surface area (Å²) in [6.07, 6.45) is 3.13. The van der Waals surface area contributed by atoms with Crippen molar-refractivity contribution in [1.82, 2.24) is 9.88 Å². The fraction of sp³-hybridized carbons (Fsp3) is 0.400. The van der Waals surface area contributed by atoms with Crippen molar-refractivity contribution in [2.24, 2.45) is 5.41 Å². The Morgan fingerprint density at radius 1 is 1.00 bits per heavy atom. The quantitative estimate of drug-likeness (QED) is 0.480. The summed E-state index contributed by atoms with van der Waals surface area (Å²) in [7, 11) is 0. The summed E-state index contributed by atoms with van der Waals surface area (Å²) in [6, 6.07) is 16.4. The topological polar surface area (TPSA) is 67.6 Å². The van der Waals surface area contributed by atoms with Crippen LogP contribution in [-0.2, 0) is 11.3 Å². The molecule has 2 aromatic carbocycles. The first-order chi connectivity index (χ1) is 17.6. The molecule has 6 nitrogen and oxygen atoms in total. The lowest BCUT2D eigenvalue weighted by Gasteiger charge is -2.47. The van der Waals surface area contributed by atoms with E-state index in [9.17, 15) is 5.26 Å². The minimum atomic E-state index is 0.387. The number of pyridine rings is 1. The van der Waals surface area contributed by atoms with Crippen molar-refractivity contribution in [1.29, 1.82) is 5.26 Å². The van der Waals surface area contributed by atoms with Gasteiger partial charge in [-0.05, 0) is 42.2 Å². The van der Waals surface area contributed by atoms with E-state index in [-0.39, 0.29) is 0 Å². The number of aryl methyl sites for hydroxylation is 1. The third-order valence-electron chi connectivity index (χ3n) is 7.13. The standard InChI is InChI=1S/C28H27N3O3.C2H6/c1-19-11-20(15-31-16-28(17-31)7-8-32-18-28)14-30-27(19)23-4-2-3-22(24(23)13-29)21-5-6-25-26(12-21)34-10-9-33-25;1-2/h2-6,11-12,14H,7-10,15-18H2,1H3;1-2H3. The van der Waals surface area contributed by atoms with E-state index in [2.05, 4.69) is 24.0 Å². The molecule has 36 heavy (non-hydrogen) atoms. The highest BCUT2D eigenvalue weighted by atomic mass is 16.6. The third kappa shape index (κ3) is 4.57. The minimum Gasteiger partial charge on any atom is -0.486 e. The van der Waals surface area contributed by atoms with Gasteiger partial charge in [-0.3, -0.25) is 9.88 Å². The van der Waals surface area contributed by atoms with E-state index in [1.807, 2.05) is 56.4 Å². The molecule has 2 fully saturated rings. The maximum Gasteiger partial charge on any atom is 0.161 e. The van der Waals surface area contributed by atoms with Crippen LogP contribution in [0.2, 0.25) is 0 Å². The normalized spacial score (nSPS) is 17.6. The SMILES string of the molecule is CC.Cc1cc(CN2CC3(CCOC3)C2)cnc1-c1cccc(-c2ccc3c(c2)OCCO3)c1C#N. The van der Waals surface area contributed by atoms with E-state index >= 15 is 0 Å². The molecule has 6 heteroatoms.